The highest BCUT2D eigenvalue weighted by atomic mass is 79.9. The maximum absolute atomic E-state index is 13.3. The number of aliphatic hydroxyl groups is 1. The molecular formula is C9H8BrFOS. The van der Waals surface area contributed by atoms with Gasteiger partial charge < -0.3 is 5.11 Å². The van der Waals surface area contributed by atoms with Crippen LogP contribution in [0.25, 0.3) is 0 Å². The van der Waals surface area contributed by atoms with Crippen LogP contribution in [0.15, 0.2) is 16.6 Å². The Morgan fingerprint density at radius 2 is 2.31 bits per heavy atom. The topological polar surface area (TPSA) is 20.2 Å². The van der Waals surface area contributed by atoms with Crippen LogP contribution in [0.1, 0.15) is 17.2 Å². The Kier molecular flexibility index (Phi) is 2.62. The summed E-state index contributed by atoms with van der Waals surface area (Å²) >= 11 is 4.88. The van der Waals surface area contributed by atoms with E-state index in [0.717, 1.165) is 10.0 Å². The van der Waals surface area contributed by atoms with Crippen molar-refractivity contribution in [2.24, 2.45) is 0 Å². The molecule has 1 atom stereocenters. The monoisotopic (exact) mass is 262 g/mol. The molecule has 2 rings (SSSR count). The van der Waals surface area contributed by atoms with Crippen molar-refractivity contribution in [2.75, 3.05) is 5.75 Å². The molecule has 0 aromatic heterocycles. The molecule has 0 radical (unpaired) electrons. The predicted molar refractivity (Wildman–Crippen MR) is 55.2 cm³/mol. The Morgan fingerprint density at radius 1 is 1.54 bits per heavy atom. The fourth-order valence-electron chi connectivity index (χ4n) is 1.47. The lowest BCUT2D eigenvalue weighted by molar-refractivity contribution is 0.200. The van der Waals surface area contributed by atoms with E-state index in [9.17, 15) is 9.50 Å². The number of hydrogen-bond acceptors (Lipinski definition) is 2. The number of hydrogen-bond donors (Lipinski definition) is 1. The molecule has 1 unspecified atom stereocenters. The molecule has 0 amide bonds. The average molecular weight is 263 g/mol. The molecule has 70 valence electrons. The average Bonchev–Trinajstić information content (AvgIpc) is 2.12. The number of benzene rings is 1. The second-order valence-electron chi connectivity index (χ2n) is 2.95. The fraction of sp³-hybridized carbons (Fsp3) is 0.333. The molecule has 1 nitrogen and oxygen atoms in total. The van der Waals surface area contributed by atoms with Gasteiger partial charge in [-0.25, -0.2) is 4.39 Å². The normalized spacial score (nSPS) is 21.3. The Morgan fingerprint density at radius 3 is 3.00 bits per heavy atom. The van der Waals surface area contributed by atoms with E-state index in [1.807, 2.05) is 0 Å². The third kappa shape index (κ3) is 1.63. The lowest BCUT2D eigenvalue weighted by Crippen LogP contribution is -2.12. The first-order valence-corrected chi connectivity index (χ1v) is 5.87. The van der Waals surface area contributed by atoms with Crippen molar-refractivity contribution < 1.29 is 9.50 Å². The summed E-state index contributed by atoms with van der Waals surface area (Å²) in [5.41, 5.74) is 1.36. The van der Waals surface area contributed by atoms with Gasteiger partial charge in [0.25, 0.3) is 0 Å². The van der Waals surface area contributed by atoms with E-state index in [-0.39, 0.29) is 5.82 Å². The van der Waals surface area contributed by atoms with Crippen LogP contribution in [0.2, 0.25) is 0 Å². The van der Waals surface area contributed by atoms with Crippen LogP contribution in [-0.2, 0) is 5.75 Å². The number of fused-ring (bicyclic) bond motifs is 1. The van der Waals surface area contributed by atoms with Crippen molar-refractivity contribution in [3.8, 4) is 0 Å². The summed E-state index contributed by atoms with van der Waals surface area (Å²) < 4.78 is 14.1. The first kappa shape index (κ1) is 9.49. The molecule has 1 aromatic carbocycles. The summed E-state index contributed by atoms with van der Waals surface area (Å²) in [6.45, 7) is 0. The van der Waals surface area contributed by atoms with Crippen LogP contribution < -0.4 is 0 Å². The van der Waals surface area contributed by atoms with E-state index in [4.69, 9.17) is 0 Å². The number of aliphatic hydroxyl groups excluding tert-OH is 1. The van der Waals surface area contributed by atoms with Gasteiger partial charge in [0.2, 0.25) is 0 Å². The fourth-order valence-corrected chi connectivity index (χ4v) is 3.11. The maximum Gasteiger partial charge on any atom is 0.127 e. The largest absolute Gasteiger partial charge is 0.387 e. The van der Waals surface area contributed by atoms with Crippen molar-refractivity contribution in [1.82, 2.24) is 0 Å². The van der Waals surface area contributed by atoms with Crippen molar-refractivity contribution >= 4 is 27.7 Å². The molecule has 4 heteroatoms. The van der Waals surface area contributed by atoms with Crippen LogP contribution in [0, 0.1) is 5.82 Å². The van der Waals surface area contributed by atoms with Crippen LogP contribution in [-0.4, -0.2) is 10.9 Å². The smallest absolute Gasteiger partial charge is 0.127 e. The minimum Gasteiger partial charge on any atom is -0.387 e. The Bertz CT molecular complexity index is 343. The molecule has 1 N–H and O–H groups in total. The predicted octanol–water partition coefficient (Wildman–Crippen LogP) is 2.87. The second kappa shape index (κ2) is 3.59. The van der Waals surface area contributed by atoms with Gasteiger partial charge in [-0.15, -0.1) is 0 Å². The molecule has 1 aliphatic rings. The lowest BCUT2D eigenvalue weighted by Gasteiger charge is -2.22. The quantitative estimate of drug-likeness (QED) is 0.776. The molecule has 0 saturated heterocycles. The van der Waals surface area contributed by atoms with Crippen LogP contribution in [0.5, 0.6) is 0 Å². The van der Waals surface area contributed by atoms with E-state index < -0.39 is 6.10 Å². The zero-order valence-electron chi connectivity index (χ0n) is 6.76. The van der Waals surface area contributed by atoms with Gasteiger partial charge in [-0.1, -0.05) is 15.9 Å². The van der Waals surface area contributed by atoms with E-state index in [1.165, 1.54) is 6.07 Å². The molecule has 0 spiro atoms. The van der Waals surface area contributed by atoms with Crippen molar-refractivity contribution in [1.29, 1.82) is 0 Å². The standard InChI is InChI=1S/C9H8BrFOS/c10-6-1-2-7(11)5-3-13-4-8(12)9(5)6/h1-2,8,12H,3-4H2. The molecule has 0 aliphatic carbocycles. The van der Waals surface area contributed by atoms with Gasteiger partial charge in [0.15, 0.2) is 0 Å². The minimum atomic E-state index is -0.543. The Labute approximate surface area is 88.5 Å². The SMILES string of the molecule is OC1CSCc2c(F)ccc(Br)c21. The minimum absolute atomic E-state index is 0.218. The van der Waals surface area contributed by atoms with Gasteiger partial charge in [0, 0.05) is 27.1 Å². The number of rotatable bonds is 0. The molecule has 0 fully saturated rings. The Balaban J connectivity index is 2.60. The van der Waals surface area contributed by atoms with Gasteiger partial charge in [-0.2, -0.15) is 11.8 Å². The van der Waals surface area contributed by atoms with Gasteiger partial charge in [-0.3, -0.25) is 0 Å². The zero-order chi connectivity index (χ0) is 9.42. The molecule has 13 heavy (non-hydrogen) atoms. The summed E-state index contributed by atoms with van der Waals surface area (Å²) in [5, 5.41) is 9.65. The van der Waals surface area contributed by atoms with Gasteiger partial charge in [-0.05, 0) is 12.1 Å². The van der Waals surface area contributed by atoms with Gasteiger partial charge >= 0.3 is 0 Å². The maximum atomic E-state index is 13.3. The van der Waals surface area contributed by atoms with E-state index in [1.54, 1.807) is 17.8 Å². The Hall–Kier alpha value is -0.0600. The number of thioether (sulfide) groups is 1. The van der Waals surface area contributed by atoms with E-state index in [2.05, 4.69) is 15.9 Å². The molecule has 1 aliphatic heterocycles. The van der Waals surface area contributed by atoms with E-state index in [0.29, 0.717) is 17.1 Å². The lowest BCUT2D eigenvalue weighted by atomic mass is 10.0. The molecule has 0 bridgehead atoms. The molecule has 1 aromatic rings. The second-order valence-corrected chi connectivity index (χ2v) is 4.84. The van der Waals surface area contributed by atoms with E-state index >= 15 is 0 Å². The summed E-state index contributed by atoms with van der Waals surface area (Å²) in [6.07, 6.45) is -0.543. The molecule has 0 saturated carbocycles. The first-order chi connectivity index (χ1) is 6.20. The third-order valence-corrected chi connectivity index (χ3v) is 3.84. The highest BCUT2D eigenvalue weighted by molar-refractivity contribution is 9.10. The van der Waals surface area contributed by atoms with Crippen molar-refractivity contribution in [3.63, 3.8) is 0 Å². The van der Waals surface area contributed by atoms with Crippen molar-refractivity contribution in [2.45, 2.75) is 11.9 Å². The molecular weight excluding hydrogens is 255 g/mol. The van der Waals surface area contributed by atoms with Gasteiger partial charge in [0.05, 0.1) is 6.10 Å². The van der Waals surface area contributed by atoms with Crippen LogP contribution in [0.4, 0.5) is 4.39 Å². The summed E-state index contributed by atoms with van der Waals surface area (Å²) in [5.74, 6) is 1.08. The van der Waals surface area contributed by atoms with Crippen molar-refractivity contribution in [3.05, 3.63) is 33.5 Å². The first-order valence-electron chi connectivity index (χ1n) is 3.92. The summed E-state index contributed by atoms with van der Waals surface area (Å²) in [7, 11) is 0. The van der Waals surface area contributed by atoms with Crippen LogP contribution in [0.3, 0.4) is 0 Å². The highest BCUT2D eigenvalue weighted by Crippen LogP contribution is 2.37. The number of halogens is 2. The van der Waals surface area contributed by atoms with Crippen LogP contribution >= 0.6 is 27.7 Å². The van der Waals surface area contributed by atoms with Gasteiger partial charge in [0.1, 0.15) is 5.82 Å². The molecule has 1 heterocycles. The summed E-state index contributed by atoms with van der Waals surface area (Å²) in [4.78, 5) is 0. The zero-order valence-corrected chi connectivity index (χ0v) is 9.16. The third-order valence-electron chi connectivity index (χ3n) is 2.10. The highest BCUT2D eigenvalue weighted by Gasteiger charge is 2.23. The summed E-state index contributed by atoms with van der Waals surface area (Å²) in [6, 6.07) is 3.08.